The average molecular weight is 170 g/mol. The number of benzene rings is 1. The summed E-state index contributed by atoms with van der Waals surface area (Å²) in [5.41, 5.74) is -0.907. The summed E-state index contributed by atoms with van der Waals surface area (Å²) in [6, 6.07) is 2.57. The van der Waals surface area contributed by atoms with Gasteiger partial charge in [0.05, 0.1) is 4.92 Å². The van der Waals surface area contributed by atoms with E-state index < -0.39 is 16.4 Å². The largest absolute Gasteiger partial charge is 0.271 e. The molecule has 0 radical (unpaired) electrons. The van der Waals surface area contributed by atoms with E-state index in [0.29, 0.717) is 0 Å². The highest BCUT2D eigenvalue weighted by atomic mass is 19.1. The zero-order chi connectivity index (χ0) is 9.14. The maximum atomic E-state index is 12.5. The zero-order valence-electron chi connectivity index (χ0n) is 5.73. The van der Waals surface area contributed by atoms with Crippen LogP contribution in [-0.2, 0) is 0 Å². The van der Waals surface area contributed by atoms with Crippen LogP contribution in [0.4, 0.5) is 15.8 Å². The van der Waals surface area contributed by atoms with Crippen LogP contribution in [-0.4, -0.2) is 4.92 Å². The van der Waals surface area contributed by atoms with Crippen molar-refractivity contribution >= 4 is 11.4 Å². The first-order valence-corrected chi connectivity index (χ1v) is 2.92. The lowest BCUT2D eigenvalue weighted by Gasteiger charge is -1.92. The van der Waals surface area contributed by atoms with E-state index in [1.165, 1.54) is 0 Å². The minimum Gasteiger partial charge on any atom is -0.258 e. The molecule has 0 amide bonds. The summed E-state index contributed by atoms with van der Waals surface area (Å²) < 4.78 is 12.5. The van der Waals surface area contributed by atoms with Gasteiger partial charge in [0, 0.05) is 12.1 Å². The Labute approximate surface area is 65.9 Å². The third-order valence-corrected chi connectivity index (χ3v) is 1.24. The van der Waals surface area contributed by atoms with E-state index in [1.807, 2.05) is 0 Å². The molecule has 0 bridgehead atoms. The molecule has 5 nitrogen and oxygen atoms in total. The Morgan fingerprint density at radius 2 is 2.17 bits per heavy atom. The van der Waals surface area contributed by atoms with Gasteiger partial charge >= 0.3 is 0 Å². The van der Waals surface area contributed by atoms with Crippen molar-refractivity contribution < 1.29 is 9.31 Å². The van der Waals surface area contributed by atoms with Crippen molar-refractivity contribution in [1.82, 2.24) is 0 Å². The lowest BCUT2D eigenvalue weighted by Crippen LogP contribution is -1.87. The molecule has 0 unspecified atom stereocenters. The summed E-state index contributed by atoms with van der Waals surface area (Å²) in [4.78, 5) is 19.3. The van der Waals surface area contributed by atoms with E-state index in [-0.39, 0.29) is 5.69 Å². The number of rotatable bonds is 2. The van der Waals surface area contributed by atoms with Crippen LogP contribution >= 0.6 is 0 Å². The molecule has 0 saturated heterocycles. The molecule has 0 aliphatic rings. The fourth-order valence-corrected chi connectivity index (χ4v) is 0.685. The van der Waals surface area contributed by atoms with Crippen molar-refractivity contribution in [3.63, 3.8) is 0 Å². The Morgan fingerprint density at radius 1 is 1.50 bits per heavy atom. The number of non-ortho nitro benzene ring substituents is 1. The van der Waals surface area contributed by atoms with Gasteiger partial charge in [0.25, 0.3) is 5.69 Å². The Kier molecular flexibility index (Phi) is 2.09. The number of hydrogen-bond acceptors (Lipinski definition) is 4. The van der Waals surface area contributed by atoms with E-state index in [1.54, 1.807) is 0 Å². The first-order valence-electron chi connectivity index (χ1n) is 2.92. The van der Waals surface area contributed by atoms with E-state index in [4.69, 9.17) is 0 Å². The SMILES string of the molecule is O=Nc1cc([N+](=O)[O-])ccc1F. The van der Waals surface area contributed by atoms with Crippen molar-refractivity contribution in [3.8, 4) is 0 Å². The van der Waals surface area contributed by atoms with Gasteiger partial charge in [-0.3, -0.25) is 10.1 Å². The fraction of sp³-hybridized carbons (Fsp3) is 0. The van der Waals surface area contributed by atoms with Crippen LogP contribution in [0.3, 0.4) is 0 Å². The van der Waals surface area contributed by atoms with E-state index in [9.17, 15) is 19.4 Å². The minimum atomic E-state index is -0.865. The zero-order valence-corrected chi connectivity index (χ0v) is 5.73. The lowest BCUT2D eigenvalue weighted by molar-refractivity contribution is -0.384. The molecule has 0 atom stereocenters. The fourth-order valence-electron chi connectivity index (χ4n) is 0.685. The summed E-state index contributed by atoms with van der Waals surface area (Å²) in [6.07, 6.45) is 0. The summed E-state index contributed by atoms with van der Waals surface area (Å²) in [6.45, 7) is 0. The normalized spacial score (nSPS) is 9.42. The first kappa shape index (κ1) is 8.25. The third kappa shape index (κ3) is 1.42. The van der Waals surface area contributed by atoms with Crippen molar-refractivity contribution in [2.24, 2.45) is 5.18 Å². The second-order valence-corrected chi connectivity index (χ2v) is 1.98. The second-order valence-electron chi connectivity index (χ2n) is 1.98. The number of nitroso groups, excluding NO2 is 1. The second kappa shape index (κ2) is 3.04. The summed E-state index contributed by atoms with van der Waals surface area (Å²) in [7, 11) is 0. The monoisotopic (exact) mass is 170 g/mol. The minimum absolute atomic E-state index is 0.356. The molecule has 1 rings (SSSR count). The number of halogens is 1. The molecule has 12 heavy (non-hydrogen) atoms. The van der Waals surface area contributed by atoms with Gasteiger partial charge in [-0.1, -0.05) is 0 Å². The van der Waals surface area contributed by atoms with Gasteiger partial charge in [0.1, 0.15) is 5.69 Å². The maximum absolute atomic E-state index is 12.5. The molecule has 0 N–H and O–H groups in total. The van der Waals surface area contributed by atoms with Crippen molar-refractivity contribution in [2.45, 2.75) is 0 Å². The summed E-state index contributed by atoms with van der Waals surface area (Å²) >= 11 is 0. The predicted molar refractivity (Wildman–Crippen MR) is 38.5 cm³/mol. The van der Waals surface area contributed by atoms with Gasteiger partial charge in [-0.25, -0.2) is 4.39 Å². The van der Waals surface area contributed by atoms with Gasteiger partial charge in [-0.2, -0.15) is 0 Å². The quantitative estimate of drug-likeness (QED) is 0.387. The molecule has 0 fully saturated rings. The molecular weight excluding hydrogens is 167 g/mol. The van der Waals surface area contributed by atoms with Crippen LogP contribution in [0.2, 0.25) is 0 Å². The van der Waals surface area contributed by atoms with E-state index in [2.05, 4.69) is 5.18 Å². The maximum Gasteiger partial charge on any atom is 0.271 e. The molecular formula is C6H3FN2O3. The highest BCUT2D eigenvalue weighted by Crippen LogP contribution is 2.22. The third-order valence-electron chi connectivity index (χ3n) is 1.24. The molecule has 0 aliphatic carbocycles. The number of nitro benzene ring substituents is 1. The van der Waals surface area contributed by atoms with Crippen LogP contribution in [0.25, 0.3) is 0 Å². The molecule has 1 aromatic carbocycles. The topological polar surface area (TPSA) is 72.6 Å². The van der Waals surface area contributed by atoms with Crippen molar-refractivity contribution in [1.29, 1.82) is 0 Å². The van der Waals surface area contributed by atoms with Crippen molar-refractivity contribution in [2.75, 3.05) is 0 Å². The number of hydrogen-bond donors (Lipinski definition) is 0. The average Bonchev–Trinajstić information content (AvgIpc) is 2.05. The Morgan fingerprint density at radius 3 is 2.67 bits per heavy atom. The van der Waals surface area contributed by atoms with Crippen LogP contribution < -0.4 is 0 Å². The van der Waals surface area contributed by atoms with E-state index in [0.717, 1.165) is 18.2 Å². The first-order chi connectivity index (χ1) is 5.65. The van der Waals surface area contributed by atoms with Gasteiger partial charge in [0.15, 0.2) is 5.82 Å². The predicted octanol–water partition coefficient (Wildman–Crippen LogP) is 2.13. The molecule has 0 saturated carbocycles. The molecule has 0 aliphatic heterocycles. The molecule has 62 valence electrons. The summed E-state index contributed by atoms with van der Waals surface area (Å²) in [5, 5.41) is 12.4. The van der Waals surface area contributed by atoms with Gasteiger partial charge < -0.3 is 0 Å². The summed E-state index contributed by atoms with van der Waals surface area (Å²) in [5.74, 6) is -0.865. The van der Waals surface area contributed by atoms with Crippen LogP contribution in [0.15, 0.2) is 23.4 Å². The Balaban J connectivity index is 3.22. The van der Waals surface area contributed by atoms with Crippen molar-refractivity contribution in [3.05, 3.63) is 39.0 Å². The Hall–Kier alpha value is -1.85. The molecule has 0 spiro atoms. The van der Waals surface area contributed by atoms with Crippen LogP contribution in [0.5, 0.6) is 0 Å². The highest BCUT2D eigenvalue weighted by molar-refractivity contribution is 5.47. The standard InChI is InChI=1S/C6H3FN2O3/c7-5-2-1-4(9(11)12)3-6(5)8-10/h1-3H. The van der Waals surface area contributed by atoms with Crippen LogP contribution in [0, 0.1) is 20.8 Å². The molecule has 6 heteroatoms. The smallest absolute Gasteiger partial charge is 0.258 e. The number of nitro groups is 1. The molecule has 0 aromatic heterocycles. The van der Waals surface area contributed by atoms with Gasteiger partial charge in [-0.15, -0.1) is 4.91 Å². The van der Waals surface area contributed by atoms with E-state index >= 15 is 0 Å². The molecule has 1 aromatic rings. The molecule has 0 heterocycles. The lowest BCUT2D eigenvalue weighted by atomic mass is 10.3. The van der Waals surface area contributed by atoms with Gasteiger partial charge in [-0.05, 0) is 11.2 Å². The highest BCUT2D eigenvalue weighted by Gasteiger charge is 2.10. The number of nitrogens with zero attached hydrogens (tertiary/aromatic N) is 2. The Bertz CT molecular complexity index is 340. The van der Waals surface area contributed by atoms with Gasteiger partial charge in [0.2, 0.25) is 0 Å². The van der Waals surface area contributed by atoms with Crippen LogP contribution in [0.1, 0.15) is 0 Å².